The molecule has 1 unspecified atom stereocenters. The Balaban J connectivity index is 1.89. The van der Waals surface area contributed by atoms with Crippen molar-refractivity contribution in [1.29, 1.82) is 0 Å². The molecule has 1 fully saturated rings. The third-order valence-corrected chi connectivity index (χ3v) is 3.72. The number of hydrogen-bond acceptors (Lipinski definition) is 4. The zero-order valence-electron chi connectivity index (χ0n) is 11.0. The molecular formula is C14H20N2O2. The molecule has 0 amide bonds. The molecule has 0 aromatic heterocycles. The second-order valence-corrected chi connectivity index (χ2v) is 5.23. The fraction of sp³-hybridized carbons (Fsp3) is 0.571. The zero-order valence-corrected chi connectivity index (χ0v) is 11.0. The fourth-order valence-electron chi connectivity index (χ4n) is 2.77. The highest BCUT2D eigenvalue weighted by atomic mass is 16.6. The van der Waals surface area contributed by atoms with E-state index in [1.165, 1.54) is 5.56 Å². The van der Waals surface area contributed by atoms with Gasteiger partial charge in [-0.1, -0.05) is 6.07 Å². The number of rotatable bonds is 3. The van der Waals surface area contributed by atoms with Gasteiger partial charge in [0.2, 0.25) is 0 Å². The second kappa shape index (κ2) is 4.78. The van der Waals surface area contributed by atoms with Gasteiger partial charge in [-0.05, 0) is 31.8 Å². The Labute approximate surface area is 108 Å². The van der Waals surface area contributed by atoms with E-state index in [-0.39, 0.29) is 0 Å². The lowest BCUT2D eigenvalue weighted by atomic mass is 9.87. The van der Waals surface area contributed by atoms with Crippen LogP contribution in [0.1, 0.15) is 11.6 Å². The minimum Gasteiger partial charge on any atom is -0.486 e. The SMILES string of the molecule is CN(C)C(c1ccc2c(c1)OCCO2)C1CNC1. The summed E-state index contributed by atoms with van der Waals surface area (Å²) in [5, 5.41) is 3.35. The van der Waals surface area contributed by atoms with E-state index < -0.39 is 0 Å². The largest absolute Gasteiger partial charge is 0.486 e. The van der Waals surface area contributed by atoms with Crippen molar-refractivity contribution in [3.8, 4) is 11.5 Å². The first-order valence-electron chi connectivity index (χ1n) is 6.52. The molecular weight excluding hydrogens is 228 g/mol. The molecule has 1 saturated heterocycles. The molecule has 0 aliphatic carbocycles. The predicted octanol–water partition coefficient (Wildman–Crippen LogP) is 1.28. The molecule has 3 rings (SSSR count). The van der Waals surface area contributed by atoms with Crippen LogP contribution < -0.4 is 14.8 Å². The maximum absolute atomic E-state index is 5.67. The van der Waals surface area contributed by atoms with Crippen molar-refractivity contribution in [2.24, 2.45) is 5.92 Å². The average Bonchev–Trinajstić information content (AvgIpc) is 2.32. The fourth-order valence-corrected chi connectivity index (χ4v) is 2.77. The summed E-state index contributed by atoms with van der Waals surface area (Å²) >= 11 is 0. The van der Waals surface area contributed by atoms with Crippen LogP contribution in [0.2, 0.25) is 0 Å². The van der Waals surface area contributed by atoms with Gasteiger partial charge in [0.15, 0.2) is 11.5 Å². The van der Waals surface area contributed by atoms with Gasteiger partial charge in [-0.15, -0.1) is 0 Å². The quantitative estimate of drug-likeness (QED) is 0.873. The molecule has 18 heavy (non-hydrogen) atoms. The van der Waals surface area contributed by atoms with Crippen molar-refractivity contribution >= 4 is 0 Å². The van der Waals surface area contributed by atoms with Crippen molar-refractivity contribution in [3.05, 3.63) is 23.8 Å². The van der Waals surface area contributed by atoms with E-state index in [2.05, 4.69) is 36.4 Å². The third-order valence-electron chi connectivity index (χ3n) is 3.72. The van der Waals surface area contributed by atoms with Crippen molar-refractivity contribution in [2.75, 3.05) is 40.4 Å². The number of nitrogens with zero attached hydrogens (tertiary/aromatic N) is 1. The van der Waals surface area contributed by atoms with Crippen molar-refractivity contribution in [2.45, 2.75) is 6.04 Å². The van der Waals surface area contributed by atoms with Crippen LogP contribution in [0, 0.1) is 5.92 Å². The van der Waals surface area contributed by atoms with Gasteiger partial charge in [0.05, 0.1) is 0 Å². The van der Waals surface area contributed by atoms with Crippen LogP contribution >= 0.6 is 0 Å². The van der Waals surface area contributed by atoms with Crippen molar-refractivity contribution < 1.29 is 9.47 Å². The highest BCUT2D eigenvalue weighted by molar-refractivity contribution is 5.45. The van der Waals surface area contributed by atoms with Crippen molar-refractivity contribution in [3.63, 3.8) is 0 Å². The van der Waals surface area contributed by atoms with E-state index in [9.17, 15) is 0 Å². The molecule has 1 aromatic carbocycles. The molecule has 0 saturated carbocycles. The Morgan fingerprint density at radius 1 is 1.17 bits per heavy atom. The lowest BCUT2D eigenvalue weighted by Crippen LogP contribution is -2.48. The highest BCUT2D eigenvalue weighted by Gasteiger charge is 2.30. The Bertz CT molecular complexity index is 430. The predicted molar refractivity (Wildman–Crippen MR) is 70.2 cm³/mol. The van der Waals surface area contributed by atoms with Gasteiger partial charge >= 0.3 is 0 Å². The van der Waals surface area contributed by atoms with E-state index in [1.54, 1.807) is 0 Å². The molecule has 1 atom stereocenters. The monoisotopic (exact) mass is 248 g/mol. The first kappa shape index (κ1) is 11.8. The lowest BCUT2D eigenvalue weighted by molar-refractivity contribution is 0.156. The van der Waals surface area contributed by atoms with E-state index in [0.717, 1.165) is 24.6 Å². The van der Waals surface area contributed by atoms with Crippen LogP contribution in [0.3, 0.4) is 0 Å². The van der Waals surface area contributed by atoms with E-state index >= 15 is 0 Å². The standard InChI is InChI=1S/C14H20N2O2/c1-16(2)14(11-8-15-9-11)10-3-4-12-13(7-10)18-6-5-17-12/h3-4,7,11,14-15H,5-6,8-9H2,1-2H3. The summed E-state index contributed by atoms with van der Waals surface area (Å²) < 4.78 is 11.2. The van der Waals surface area contributed by atoms with Crippen LogP contribution in [0.15, 0.2) is 18.2 Å². The van der Waals surface area contributed by atoms with Gasteiger partial charge in [-0.25, -0.2) is 0 Å². The number of fused-ring (bicyclic) bond motifs is 1. The molecule has 4 heteroatoms. The van der Waals surface area contributed by atoms with Crippen molar-refractivity contribution in [1.82, 2.24) is 10.2 Å². The van der Waals surface area contributed by atoms with Gasteiger partial charge in [-0.3, -0.25) is 0 Å². The molecule has 0 bridgehead atoms. The molecule has 0 radical (unpaired) electrons. The Hall–Kier alpha value is -1.26. The summed E-state index contributed by atoms with van der Waals surface area (Å²) in [5.41, 5.74) is 1.32. The second-order valence-electron chi connectivity index (χ2n) is 5.23. The summed E-state index contributed by atoms with van der Waals surface area (Å²) in [7, 11) is 4.28. The molecule has 2 aliphatic rings. The molecule has 1 aromatic rings. The Morgan fingerprint density at radius 3 is 2.50 bits per heavy atom. The van der Waals surface area contributed by atoms with E-state index in [0.29, 0.717) is 25.2 Å². The number of hydrogen-bond donors (Lipinski definition) is 1. The molecule has 1 N–H and O–H groups in total. The topological polar surface area (TPSA) is 33.7 Å². The summed E-state index contributed by atoms with van der Waals surface area (Å²) in [5.74, 6) is 2.44. The van der Waals surface area contributed by atoms with Gasteiger partial charge in [0.1, 0.15) is 13.2 Å². The molecule has 0 spiro atoms. The minimum absolute atomic E-state index is 0.446. The molecule has 4 nitrogen and oxygen atoms in total. The summed E-state index contributed by atoms with van der Waals surface area (Å²) in [4.78, 5) is 2.29. The van der Waals surface area contributed by atoms with Gasteiger partial charge in [0.25, 0.3) is 0 Å². The maximum atomic E-state index is 5.67. The third kappa shape index (κ3) is 2.06. The van der Waals surface area contributed by atoms with Crippen LogP contribution in [0.4, 0.5) is 0 Å². The first-order chi connectivity index (χ1) is 8.75. The summed E-state index contributed by atoms with van der Waals surface area (Å²) in [6.07, 6.45) is 0. The van der Waals surface area contributed by atoms with E-state index in [4.69, 9.17) is 9.47 Å². The van der Waals surface area contributed by atoms with E-state index in [1.807, 2.05) is 6.07 Å². The minimum atomic E-state index is 0.446. The molecule has 98 valence electrons. The Morgan fingerprint density at radius 2 is 1.89 bits per heavy atom. The number of nitrogens with one attached hydrogen (secondary N) is 1. The van der Waals surface area contributed by atoms with Gasteiger partial charge in [-0.2, -0.15) is 0 Å². The van der Waals surface area contributed by atoms with Crippen LogP contribution in [0.25, 0.3) is 0 Å². The molecule has 2 aliphatic heterocycles. The number of ether oxygens (including phenoxy) is 2. The first-order valence-corrected chi connectivity index (χ1v) is 6.52. The van der Waals surface area contributed by atoms with Crippen LogP contribution in [-0.2, 0) is 0 Å². The average molecular weight is 248 g/mol. The van der Waals surface area contributed by atoms with Gasteiger partial charge in [0, 0.05) is 25.0 Å². The highest BCUT2D eigenvalue weighted by Crippen LogP contribution is 2.36. The normalized spacial score (nSPS) is 20.6. The summed E-state index contributed by atoms with van der Waals surface area (Å²) in [6, 6.07) is 6.78. The lowest BCUT2D eigenvalue weighted by Gasteiger charge is -2.39. The zero-order chi connectivity index (χ0) is 12.5. The molecule has 2 heterocycles. The smallest absolute Gasteiger partial charge is 0.161 e. The van der Waals surface area contributed by atoms with Crippen LogP contribution in [0.5, 0.6) is 11.5 Å². The summed E-state index contributed by atoms with van der Waals surface area (Å²) in [6.45, 7) is 3.48. The maximum Gasteiger partial charge on any atom is 0.161 e. The number of benzene rings is 1. The van der Waals surface area contributed by atoms with Crippen LogP contribution in [-0.4, -0.2) is 45.3 Å². The Kier molecular flexibility index (Phi) is 3.14. The van der Waals surface area contributed by atoms with Gasteiger partial charge < -0.3 is 19.7 Å².